The third kappa shape index (κ3) is 3.60. The second-order valence-corrected chi connectivity index (χ2v) is 7.02. The third-order valence-corrected chi connectivity index (χ3v) is 5.02. The number of hydrogen-bond donors (Lipinski definition) is 2. The van der Waals surface area contributed by atoms with E-state index in [1.807, 2.05) is 6.92 Å². The van der Waals surface area contributed by atoms with Gasteiger partial charge in [-0.15, -0.1) is 0 Å². The lowest BCUT2D eigenvalue weighted by molar-refractivity contribution is 0.350. The van der Waals surface area contributed by atoms with Crippen LogP contribution in [0.2, 0.25) is 0 Å². The van der Waals surface area contributed by atoms with Gasteiger partial charge in [0.1, 0.15) is 6.61 Å². The summed E-state index contributed by atoms with van der Waals surface area (Å²) in [6.45, 7) is 4.17. The molecule has 0 aliphatic heterocycles. The molecule has 0 radical (unpaired) electrons. The molecule has 0 heterocycles. The summed E-state index contributed by atoms with van der Waals surface area (Å²) in [5.74, 6) is 6.25. The van der Waals surface area contributed by atoms with E-state index in [1.165, 1.54) is 0 Å². The molecule has 1 aliphatic carbocycles. The van der Waals surface area contributed by atoms with E-state index in [1.54, 1.807) is 18.2 Å². The molecule has 0 saturated heterocycles. The molecule has 2 N–H and O–H groups in total. The molecule has 1 aromatic carbocycles. The minimum absolute atomic E-state index is 0.178. The van der Waals surface area contributed by atoms with Crippen LogP contribution in [0.15, 0.2) is 23.1 Å². The molecule has 0 spiro atoms. The lowest BCUT2D eigenvalue weighted by Gasteiger charge is -2.09. The van der Waals surface area contributed by atoms with E-state index >= 15 is 0 Å². The zero-order valence-corrected chi connectivity index (χ0v) is 12.5. The lowest BCUT2D eigenvalue weighted by Crippen LogP contribution is -2.27. The van der Waals surface area contributed by atoms with Crippen molar-refractivity contribution in [1.29, 1.82) is 0 Å². The molecule has 2 unspecified atom stereocenters. The zero-order chi connectivity index (χ0) is 14.8. The molecule has 20 heavy (non-hydrogen) atoms. The van der Waals surface area contributed by atoms with Gasteiger partial charge in [-0.05, 0) is 42.9 Å². The second kappa shape index (κ2) is 5.96. The Kier molecular flexibility index (Phi) is 4.48. The molecule has 4 nitrogen and oxygen atoms in total. The van der Waals surface area contributed by atoms with E-state index in [0.29, 0.717) is 23.9 Å². The van der Waals surface area contributed by atoms with Gasteiger partial charge in [-0.3, -0.25) is 0 Å². The summed E-state index contributed by atoms with van der Waals surface area (Å²) in [6.07, 6.45) is 1.08. The van der Waals surface area contributed by atoms with Gasteiger partial charge in [0.25, 0.3) is 0 Å². The number of aryl methyl sites for hydroxylation is 1. The van der Waals surface area contributed by atoms with Crippen molar-refractivity contribution in [2.45, 2.75) is 25.2 Å². The number of aliphatic hydroxyl groups is 1. The third-order valence-electron chi connectivity index (χ3n) is 3.54. The number of rotatable bonds is 4. The van der Waals surface area contributed by atoms with Crippen LogP contribution in [0, 0.1) is 30.6 Å². The number of benzene rings is 1. The van der Waals surface area contributed by atoms with Gasteiger partial charge in [-0.25, -0.2) is 13.1 Å². The fraction of sp³-hybridized carbons (Fsp3) is 0.467. The minimum atomic E-state index is -3.55. The molecule has 1 fully saturated rings. The minimum Gasteiger partial charge on any atom is -0.384 e. The molecule has 1 saturated carbocycles. The fourth-order valence-corrected chi connectivity index (χ4v) is 3.32. The average Bonchev–Trinajstić information content (AvgIpc) is 3.10. The summed E-state index contributed by atoms with van der Waals surface area (Å²) in [6, 6.07) is 5.03. The first-order valence-electron chi connectivity index (χ1n) is 6.64. The first kappa shape index (κ1) is 15.0. The summed E-state index contributed by atoms with van der Waals surface area (Å²) in [5.41, 5.74) is 1.36. The largest absolute Gasteiger partial charge is 0.384 e. The van der Waals surface area contributed by atoms with Crippen LogP contribution < -0.4 is 4.72 Å². The van der Waals surface area contributed by atoms with Crippen molar-refractivity contribution >= 4 is 10.0 Å². The molecular formula is C15H19NO3S. The molecule has 0 amide bonds. The van der Waals surface area contributed by atoms with Gasteiger partial charge >= 0.3 is 0 Å². The summed E-state index contributed by atoms with van der Waals surface area (Å²) < 4.78 is 27.3. The highest BCUT2D eigenvalue weighted by Crippen LogP contribution is 2.37. The molecule has 108 valence electrons. The normalized spacial score (nSPS) is 21.1. The van der Waals surface area contributed by atoms with Crippen molar-refractivity contribution in [2.75, 3.05) is 13.2 Å². The maximum atomic E-state index is 12.3. The smallest absolute Gasteiger partial charge is 0.241 e. The Bertz CT molecular complexity index is 655. The molecular weight excluding hydrogens is 274 g/mol. The quantitative estimate of drug-likeness (QED) is 0.822. The van der Waals surface area contributed by atoms with E-state index in [0.717, 1.165) is 12.0 Å². The van der Waals surface area contributed by atoms with Crippen molar-refractivity contribution < 1.29 is 13.5 Å². The molecule has 1 aromatic rings. The zero-order valence-electron chi connectivity index (χ0n) is 11.7. The maximum Gasteiger partial charge on any atom is 0.241 e. The van der Waals surface area contributed by atoms with Gasteiger partial charge in [-0.2, -0.15) is 0 Å². The molecule has 2 rings (SSSR count). The standard InChI is InChI=1S/C15H19NO3S/c1-11-5-6-15(13(8-11)4-3-7-17)20(18,19)16-10-14-9-12(14)2/h5-6,8,12,14,16-17H,7,9-10H2,1-2H3. The number of sulfonamides is 1. The Morgan fingerprint density at radius 1 is 1.45 bits per heavy atom. The number of aliphatic hydroxyl groups excluding tert-OH is 1. The summed E-state index contributed by atoms with van der Waals surface area (Å²) >= 11 is 0. The number of nitrogens with one attached hydrogen (secondary N) is 1. The monoisotopic (exact) mass is 293 g/mol. The van der Waals surface area contributed by atoms with Gasteiger partial charge in [-0.1, -0.05) is 24.8 Å². The Morgan fingerprint density at radius 3 is 2.75 bits per heavy atom. The van der Waals surface area contributed by atoms with Gasteiger partial charge in [0.2, 0.25) is 10.0 Å². The summed E-state index contributed by atoms with van der Waals surface area (Å²) in [7, 11) is -3.55. The van der Waals surface area contributed by atoms with Gasteiger partial charge in [0.05, 0.1) is 4.90 Å². The van der Waals surface area contributed by atoms with Crippen molar-refractivity contribution in [3.63, 3.8) is 0 Å². The van der Waals surface area contributed by atoms with E-state index < -0.39 is 10.0 Å². The Balaban J connectivity index is 2.25. The van der Waals surface area contributed by atoms with Crippen LogP contribution in [0.4, 0.5) is 0 Å². The topological polar surface area (TPSA) is 66.4 Å². The highest BCUT2D eigenvalue weighted by Gasteiger charge is 2.33. The Labute approximate surface area is 120 Å². The van der Waals surface area contributed by atoms with Gasteiger partial charge in [0.15, 0.2) is 0 Å². The van der Waals surface area contributed by atoms with Crippen molar-refractivity contribution in [2.24, 2.45) is 11.8 Å². The SMILES string of the molecule is Cc1ccc(S(=O)(=O)NCC2CC2C)c(C#CCO)c1. The Hall–Kier alpha value is -1.35. The fourth-order valence-electron chi connectivity index (χ4n) is 2.09. The Morgan fingerprint density at radius 2 is 2.15 bits per heavy atom. The maximum absolute atomic E-state index is 12.3. The van der Waals surface area contributed by atoms with Crippen LogP contribution in [0.3, 0.4) is 0 Å². The predicted molar refractivity (Wildman–Crippen MR) is 77.6 cm³/mol. The molecule has 1 aliphatic rings. The average molecular weight is 293 g/mol. The highest BCUT2D eigenvalue weighted by atomic mass is 32.2. The van der Waals surface area contributed by atoms with E-state index in [-0.39, 0.29) is 11.5 Å². The summed E-state index contributed by atoms with van der Waals surface area (Å²) in [4.78, 5) is 0.178. The lowest BCUT2D eigenvalue weighted by atomic mass is 10.1. The second-order valence-electron chi connectivity index (χ2n) is 5.28. The van der Waals surface area contributed by atoms with Crippen molar-refractivity contribution in [1.82, 2.24) is 4.72 Å². The molecule has 5 heteroatoms. The van der Waals surface area contributed by atoms with Crippen LogP contribution in [-0.4, -0.2) is 26.7 Å². The van der Waals surface area contributed by atoms with Crippen LogP contribution >= 0.6 is 0 Å². The molecule has 0 bridgehead atoms. The highest BCUT2D eigenvalue weighted by molar-refractivity contribution is 7.89. The van der Waals surface area contributed by atoms with Crippen LogP contribution in [-0.2, 0) is 10.0 Å². The first-order chi connectivity index (χ1) is 9.44. The first-order valence-corrected chi connectivity index (χ1v) is 8.12. The van der Waals surface area contributed by atoms with Crippen LogP contribution in [0.1, 0.15) is 24.5 Å². The van der Waals surface area contributed by atoms with Gasteiger partial charge < -0.3 is 5.11 Å². The molecule has 2 atom stereocenters. The van der Waals surface area contributed by atoms with Crippen molar-refractivity contribution in [3.05, 3.63) is 29.3 Å². The van der Waals surface area contributed by atoms with Crippen molar-refractivity contribution in [3.8, 4) is 11.8 Å². The predicted octanol–water partition coefficient (Wildman–Crippen LogP) is 1.27. The van der Waals surface area contributed by atoms with Gasteiger partial charge in [0, 0.05) is 12.1 Å². The summed E-state index contributed by atoms with van der Waals surface area (Å²) in [5, 5.41) is 8.77. The van der Waals surface area contributed by atoms with Crippen LogP contribution in [0.5, 0.6) is 0 Å². The molecule has 0 aromatic heterocycles. The van der Waals surface area contributed by atoms with E-state index in [4.69, 9.17) is 5.11 Å². The number of hydrogen-bond acceptors (Lipinski definition) is 3. The van der Waals surface area contributed by atoms with Crippen LogP contribution in [0.25, 0.3) is 0 Å². The van der Waals surface area contributed by atoms with E-state index in [9.17, 15) is 8.42 Å². The van der Waals surface area contributed by atoms with E-state index in [2.05, 4.69) is 23.5 Å².